The first-order valence-corrected chi connectivity index (χ1v) is 9.64. The van der Waals surface area contributed by atoms with Gasteiger partial charge in [0.2, 0.25) is 0 Å². The van der Waals surface area contributed by atoms with Crippen LogP contribution in [0, 0.1) is 0 Å². The summed E-state index contributed by atoms with van der Waals surface area (Å²) in [5.41, 5.74) is 1.24. The van der Waals surface area contributed by atoms with E-state index in [1.54, 1.807) is 0 Å². The average molecular weight is 356 g/mol. The van der Waals surface area contributed by atoms with Gasteiger partial charge in [0.1, 0.15) is 11.6 Å². The molecule has 1 unspecified atom stereocenters. The monoisotopic (exact) mass is 356 g/mol. The van der Waals surface area contributed by atoms with Crippen molar-refractivity contribution in [2.75, 3.05) is 31.1 Å². The van der Waals surface area contributed by atoms with E-state index in [9.17, 15) is 5.11 Å². The highest BCUT2D eigenvalue weighted by Crippen LogP contribution is 2.29. The molecule has 4 heterocycles. The van der Waals surface area contributed by atoms with E-state index in [0.29, 0.717) is 5.92 Å². The highest BCUT2D eigenvalue weighted by molar-refractivity contribution is 5.45. The third-order valence-corrected chi connectivity index (χ3v) is 5.74. The number of rotatable bonds is 4. The van der Waals surface area contributed by atoms with Crippen molar-refractivity contribution >= 4 is 5.69 Å². The summed E-state index contributed by atoms with van der Waals surface area (Å²) in [5.74, 6) is 2.53. The Morgan fingerprint density at radius 2 is 1.85 bits per heavy atom. The van der Waals surface area contributed by atoms with Gasteiger partial charge < -0.3 is 14.6 Å². The highest BCUT2D eigenvalue weighted by Gasteiger charge is 2.27. The molecule has 0 aromatic carbocycles. The molecular weight excluding hydrogens is 328 g/mol. The van der Waals surface area contributed by atoms with Crippen molar-refractivity contribution in [1.82, 2.24) is 24.6 Å². The Labute approximate surface area is 154 Å². The maximum atomic E-state index is 9.67. The number of aromatic nitrogens is 4. The number of hydrogen-bond donors (Lipinski definition) is 1. The lowest BCUT2D eigenvalue weighted by Crippen LogP contribution is -2.36. The molecule has 0 spiro atoms. The van der Waals surface area contributed by atoms with Gasteiger partial charge >= 0.3 is 0 Å². The zero-order valence-electron chi connectivity index (χ0n) is 15.5. The van der Waals surface area contributed by atoms with Crippen molar-refractivity contribution in [3.8, 4) is 0 Å². The normalized spacial score (nSPS) is 22.7. The van der Waals surface area contributed by atoms with E-state index >= 15 is 0 Å². The molecule has 2 aromatic rings. The van der Waals surface area contributed by atoms with E-state index in [1.807, 2.05) is 12.4 Å². The van der Waals surface area contributed by atoms with E-state index in [1.165, 1.54) is 12.1 Å². The standard InChI is InChI=1S/C19H28N6O/c1-23-18(14-24-11-6-17(26)7-12-24)21-22-19(23)15-3-2-10-25(13-15)16-4-8-20-9-5-16/h4-5,8-9,15,17,26H,2-3,6-7,10-14H2,1H3. The van der Waals surface area contributed by atoms with Crippen molar-refractivity contribution < 1.29 is 5.11 Å². The third kappa shape index (κ3) is 3.73. The van der Waals surface area contributed by atoms with Crippen LogP contribution >= 0.6 is 0 Å². The van der Waals surface area contributed by atoms with Crippen molar-refractivity contribution in [3.63, 3.8) is 0 Å². The van der Waals surface area contributed by atoms with Crippen molar-refractivity contribution in [1.29, 1.82) is 0 Å². The van der Waals surface area contributed by atoms with Gasteiger partial charge in [0.15, 0.2) is 0 Å². The Kier molecular flexibility index (Phi) is 5.17. The number of nitrogens with zero attached hydrogens (tertiary/aromatic N) is 6. The van der Waals surface area contributed by atoms with Gasteiger partial charge in [-0.2, -0.15) is 0 Å². The topological polar surface area (TPSA) is 70.3 Å². The Morgan fingerprint density at radius 3 is 2.62 bits per heavy atom. The first kappa shape index (κ1) is 17.4. The molecule has 0 bridgehead atoms. The summed E-state index contributed by atoms with van der Waals surface area (Å²) in [6.45, 7) is 4.75. The SMILES string of the molecule is Cn1c(CN2CCC(O)CC2)nnc1C1CCCN(c2ccncc2)C1. The minimum atomic E-state index is -0.136. The smallest absolute Gasteiger partial charge is 0.146 e. The quantitative estimate of drug-likeness (QED) is 0.896. The molecule has 2 saturated heterocycles. The summed E-state index contributed by atoms with van der Waals surface area (Å²) in [6.07, 6.45) is 7.61. The van der Waals surface area contributed by atoms with E-state index in [-0.39, 0.29) is 6.10 Å². The Hall–Kier alpha value is -1.99. The van der Waals surface area contributed by atoms with Gasteiger partial charge in [-0.25, -0.2) is 0 Å². The number of likely N-dealkylation sites (tertiary alicyclic amines) is 1. The fourth-order valence-electron chi connectivity index (χ4n) is 4.12. The van der Waals surface area contributed by atoms with Gasteiger partial charge in [-0.1, -0.05) is 0 Å². The zero-order valence-corrected chi connectivity index (χ0v) is 15.5. The van der Waals surface area contributed by atoms with Crippen LogP contribution in [0.15, 0.2) is 24.5 Å². The summed E-state index contributed by atoms with van der Waals surface area (Å²) in [6, 6.07) is 4.16. The molecule has 7 nitrogen and oxygen atoms in total. The van der Waals surface area contributed by atoms with Crippen LogP contribution in [0.5, 0.6) is 0 Å². The molecule has 0 radical (unpaired) electrons. The van der Waals surface area contributed by atoms with Crippen LogP contribution in [-0.4, -0.2) is 62.0 Å². The number of anilines is 1. The second-order valence-corrected chi connectivity index (χ2v) is 7.53. The van der Waals surface area contributed by atoms with Gasteiger partial charge in [-0.05, 0) is 37.8 Å². The second kappa shape index (κ2) is 7.72. The second-order valence-electron chi connectivity index (χ2n) is 7.53. The van der Waals surface area contributed by atoms with Gasteiger partial charge in [0.25, 0.3) is 0 Å². The molecule has 7 heteroatoms. The van der Waals surface area contributed by atoms with Crippen LogP contribution in [-0.2, 0) is 13.6 Å². The average Bonchev–Trinajstić information content (AvgIpc) is 3.05. The van der Waals surface area contributed by atoms with E-state index < -0.39 is 0 Å². The third-order valence-electron chi connectivity index (χ3n) is 5.74. The van der Waals surface area contributed by atoms with Crippen LogP contribution in [0.1, 0.15) is 43.3 Å². The van der Waals surface area contributed by atoms with Gasteiger partial charge in [0.05, 0.1) is 12.6 Å². The zero-order chi connectivity index (χ0) is 17.9. The molecule has 1 atom stereocenters. The molecule has 2 aliphatic rings. The van der Waals surface area contributed by atoms with Crippen molar-refractivity contribution in [3.05, 3.63) is 36.2 Å². The van der Waals surface area contributed by atoms with E-state index in [0.717, 1.165) is 63.6 Å². The molecule has 140 valence electrons. The van der Waals surface area contributed by atoms with Gasteiger partial charge in [-0.3, -0.25) is 9.88 Å². The fourth-order valence-corrected chi connectivity index (χ4v) is 4.12. The molecule has 2 fully saturated rings. The Morgan fingerprint density at radius 1 is 1.08 bits per heavy atom. The number of hydrogen-bond acceptors (Lipinski definition) is 6. The number of pyridine rings is 1. The lowest BCUT2D eigenvalue weighted by Gasteiger charge is -2.34. The number of aliphatic hydroxyl groups excluding tert-OH is 1. The van der Waals surface area contributed by atoms with Gasteiger partial charge in [0, 0.05) is 57.2 Å². The van der Waals surface area contributed by atoms with Crippen LogP contribution in [0.2, 0.25) is 0 Å². The number of piperidine rings is 2. The molecule has 4 rings (SSSR count). The summed E-state index contributed by atoms with van der Waals surface area (Å²) in [4.78, 5) is 8.91. The lowest BCUT2D eigenvalue weighted by atomic mass is 9.96. The first-order valence-electron chi connectivity index (χ1n) is 9.64. The van der Waals surface area contributed by atoms with Crippen molar-refractivity contribution in [2.24, 2.45) is 7.05 Å². The molecule has 2 aromatic heterocycles. The van der Waals surface area contributed by atoms with E-state index in [2.05, 4.69) is 48.7 Å². The van der Waals surface area contributed by atoms with Crippen LogP contribution < -0.4 is 4.90 Å². The van der Waals surface area contributed by atoms with E-state index in [4.69, 9.17) is 0 Å². The van der Waals surface area contributed by atoms with Crippen molar-refractivity contribution in [2.45, 2.75) is 44.2 Å². The Bertz CT molecular complexity index is 710. The fraction of sp³-hybridized carbons (Fsp3) is 0.632. The minimum absolute atomic E-state index is 0.136. The predicted octanol–water partition coefficient (Wildman–Crippen LogP) is 1.55. The molecule has 0 amide bonds. The maximum Gasteiger partial charge on any atom is 0.146 e. The first-order chi connectivity index (χ1) is 12.7. The predicted molar refractivity (Wildman–Crippen MR) is 99.9 cm³/mol. The molecule has 1 N–H and O–H groups in total. The van der Waals surface area contributed by atoms with Crippen LogP contribution in [0.4, 0.5) is 5.69 Å². The Balaban J connectivity index is 1.44. The highest BCUT2D eigenvalue weighted by atomic mass is 16.3. The number of aliphatic hydroxyl groups is 1. The molecule has 2 aliphatic heterocycles. The minimum Gasteiger partial charge on any atom is -0.393 e. The lowest BCUT2D eigenvalue weighted by molar-refractivity contribution is 0.0775. The van der Waals surface area contributed by atoms with Gasteiger partial charge in [-0.15, -0.1) is 10.2 Å². The summed E-state index contributed by atoms with van der Waals surface area (Å²) >= 11 is 0. The van der Waals surface area contributed by atoms with Crippen LogP contribution in [0.3, 0.4) is 0 Å². The summed E-state index contributed by atoms with van der Waals surface area (Å²) in [5, 5.41) is 18.7. The maximum absolute atomic E-state index is 9.67. The van der Waals surface area contributed by atoms with Crippen LogP contribution in [0.25, 0.3) is 0 Å². The molecule has 26 heavy (non-hydrogen) atoms. The molecule has 0 aliphatic carbocycles. The molecular formula is C19H28N6O. The molecule has 0 saturated carbocycles. The summed E-state index contributed by atoms with van der Waals surface area (Å²) in [7, 11) is 2.09. The largest absolute Gasteiger partial charge is 0.393 e. The summed E-state index contributed by atoms with van der Waals surface area (Å²) < 4.78 is 2.19.